The molecule has 0 saturated carbocycles. The molecular formula is C22H24N6O3S3. The summed E-state index contributed by atoms with van der Waals surface area (Å²) in [6.07, 6.45) is 5.19. The minimum absolute atomic E-state index is 0.0426. The number of amides is 1. The van der Waals surface area contributed by atoms with Gasteiger partial charge in [0.25, 0.3) is 0 Å². The van der Waals surface area contributed by atoms with Crippen LogP contribution in [0, 0.1) is 9.87 Å². The van der Waals surface area contributed by atoms with Crippen LogP contribution in [0.25, 0.3) is 21.3 Å². The Bertz CT molecular complexity index is 1550. The Morgan fingerprint density at radius 1 is 1.29 bits per heavy atom. The Hall–Kier alpha value is -2.83. The summed E-state index contributed by atoms with van der Waals surface area (Å²) in [4.78, 5) is 28.2. The average molecular weight is 517 g/mol. The molecule has 0 saturated heterocycles. The third-order valence-electron chi connectivity index (χ3n) is 6.02. The zero-order valence-electron chi connectivity index (χ0n) is 18.5. The second kappa shape index (κ2) is 9.08. The number of nitrogens with one attached hydrogen (secondary N) is 4. The normalized spacial score (nSPS) is 16.0. The topological polar surface area (TPSA) is 133 Å². The van der Waals surface area contributed by atoms with Crippen LogP contribution in [0.2, 0.25) is 0 Å². The number of aryl methyl sites for hydroxylation is 1. The van der Waals surface area contributed by atoms with E-state index in [0.717, 1.165) is 55.0 Å². The van der Waals surface area contributed by atoms with Crippen molar-refractivity contribution >= 4 is 72.1 Å². The monoisotopic (exact) mass is 516 g/mol. The number of H-pyrrole nitrogens is 2. The van der Waals surface area contributed by atoms with Crippen molar-refractivity contribution in [3.8, 4) is 0 Å². The van der Waals surface area contributed by atoms with E-state index >= 15 is 0 Å². The van der Waals surface area contributed by atoms with Crippen LogP contribution < -0.4 is 10.6 Å². The van der Waals surface area contributed by atoms with Gasteiger partial charge in [-0.15, -0.1) is 11.3 Å². The molecule has 1 aliphatic rings. The molecule has 3 aromatic heterocycles. The molecule has 1 amide bonds. The highest BCUT2D eigenvalue weighted by Crippen LogP contribution is 2.35. The van der Waals surface area contributed by atoms with Crippen molar-refractivity contribution in [1.29, 1.82) is 0 Å². The minimum atomic E-state index is -3.03. The Morgan fingerprint density at radius 3 is 2.97 bits per heavy atom. The van der Waals surface area contributed by atoms with Gasteiger partial charge in [-0.25, -0.2) is 18.4 Å². The summed E-state index contributed by atoms with van der Waals surface area (Å²) < 4.78 is 24.4. The molecule has 0 aliphatic heterocycles. The maximum Gasteiger partial charge on any atom is 0.223 e. The lowest BCUT2D eigenvalue weighted by Gasteiger charge is -2.22. The first-order valence-electron chi connectivity index (χ1n) is 11.0. The Kier molecular flexibility index (Phi) is 6.13. The van der Waals surface area contributed by atoms with Gasteiger partial charge in [-0.05, 0) is 61.7 Å². The Morgan fingerprint density at radius 2 is 2.15 bits per heavy atom. The molecule has 1 unspecified atom stereocenters. The summed E-state index contributed by atoms with van der Waals surface area (Å²) in [5.74, 6) is 0.537. The molecule has 0 fully saturated rings. The van der Waals surface area contributed by atoms with Gasteiger partial charge in [-0.3, -0.25) is 4.79 Å². The van der Waals surface area contributed by atoms with Crippen molar-refractivity contribution in [2.75, 3.05) is 23.9 Å². The zero-order chi connectivity index (χ0) is 23.9. The van der Waals surface area contributed by atoms with E-state index in [0.29, 0.717) is 25.2 Å². The minimum Gasteiger partial charge on any atom is -0.356 e. The van der Waals surface area contributed by atoms with E-state index in [2.05, 4.69) is 30.6 Å². The van der Waals surface area contributed by atoms with Gasteiger partial charge >= 0.3 is 0 Å². The third-order valence-corrected chi connectivity index (χ3v) is 8.25. The van der Waals surface area contributed by atoms with E-state index in [1.54, 1.807) is 0 Å². The van der Waals surface area contributed by atoms with Crippen LogP contribution >= 0.6 is 23.6 Å². The lowest BCUT2D eigenvalue weighted by molar-refractivity contribution is -0.125. The van der Waals surface area contributed by atoms with Gasteiger partial charge in [0.15, 0.2) is 3.95 Å². The number of hydrogen-bond acceptors (Lipinski definition) is 8. The van der Waals surface area contributed by atoms with Gasteiger partial charge in [0.1, 0.15) is 27.6 Å². The molecule has 1 atom stereocenters. The Labute approximate surface area is 205 Å². The van der Waals surface area contributed by atoms with Crippen LogP contribution in [-0.4, -0.2) is 52.8 Å². The van der Waals surface area contributed by atoms with E-state index in [4.69, 9.17) is 12.2 Å². The predicted octanol–water partition coefficient (Wildman–Crippen LogP) is 3.63. The average Bonchev–Trinajstić information content (AvgIpc) is 3.34. The number of carbonyl (C=O) groups excluding carboxylic acids is 1. The van der Waals surface area contributed by atoms with E-state index in [-0.39, 0.29) is 17.6 Å². The van der Waals surface area contributed by atoms with Crippen molar-refractivity contribution in [1.82, 2.24) is 25.3 Å². The number of anilines is 2. The van der Waals surface area contributed by atoms with Crippen LogP contribution in [0.3, 0.4) is 0 Å². The fraction of sp³-hybridized carbons (Fsp3) is 0.364. The van der Waals surface area contributed by atoms with Gasteiger partial charge in [-0.1, -0.05) is 0 Å². The van der Waals surface area contributed by atoms with Crippen LogP contribution in [0.1, 0.15) is 24.1 Å². The van der Waals surface area contributed by atoms with Gasteiger partial charge in [0, 0.05) is 30.1 Å². The smallest absolute Gasteiger partial charge is 0.223 e. The summed E-state index contributed by atoms with van der Waals surface area (Å²) in [5, 5.41) is 7.21. The number of fused-ring (bicyclic) bond motifs is 4. The van der Waals surface area contributed by atoms with Crippen molar-refractivity contribution in [2.24, 2.45) is 5.92 Å². The molecule has 0 spiro atoms. The molecule has 34 heavy (non-hydrogen) atoms. The van der Waals surface area contributed by atoms with Gasteiger partial charge in [0.05, 0.1) is 21.4 Å². The number of nitrogens with zero attached hydrogens (tertiary/aromatic N) is 2. The number of thiazole rings is 1. The van der Waals surface area contributed by atoms with Crippen LogP contribution in [0.15, 0.2) is 24.5 Å². The first-order chi connectivity index (χ1) is 16.3. The van der Waals surface area contributed by atoms with Crippen LogP contribution in [-0.2, 0) is 27.5 Å². The molecule has 5 rings (SSSR count). The predicted molar refractivity (Wildman–Crippen MR) is 137 cm³/mol. The van der Waals surface area contributed by atoms with Crippen molar-refractivity contribution in [3.05, 3.63) is 39.7 Å². The lowest BCUT2D eigenvalue weighted by atomic mass is 9.86. The maximum absolute atomic E-state index is 12.8. The van der Waals surface area contributed by atoms with Crippen LogP contribution in [0.4, 0.5) is 11.5 Å². The first kappa shape index (κ1) is 22.9. The standard InChI is InChI=1S/C22H24N6O3S3/c1-34(30,31)8-2-7-23-21(29)12-3-5-15-14(9-12)18-19(24-11-25-20(18)27-15)26-13-4-6-16-17(10-13)33-22(32)28-16/h4,6,10-12H,2-3,5,7-9H2,1H3,(H,23,29)(H,28,32)(H2,24,25,26,27). The van der Waals surface area contributed by atoms with Crippen molar-refractivity contribution in [3.63, 3.8) is 0 Å². The highest BCUT2D eigenvalue weighted by molar-refractivity contribution is 7.90. The van der Waals surface area contributed by atoms with E-state index in [9.17, 15) is 13.2 Å². The molecule has 0 radical (unpaired) electrons. The molecule has 9 nitrogen and oxygen atoms in total. The first-order valence-corrected chi connectivity index (χ1v) is 14.2. The number of aromatic nitrogens is 4. The number of hydrogen-bond donors (Lipinski definition) is 4. The molecule has 0 bridgehead atoms. The fourth-order valence-corrected chi connectivity index (χ4v) is 6.23. The van der Waals surface area contributed by atoms with Gasteiger partial charge in [0.2, 0.25) is 5.91 Å². The largest absolute Gasteiger partial charge is 0.356 e. The highest BCUT2D eigenvalue weighted by Gasteiger charge is 2.29. The number of rotatable bonds is 7. The molecular weight excluding hydrogens is 492 g/mol. The van der Waals surface area contributed by atoms with E-state index in [1.165, 1.54) is 23.9 Å². The fourth-order valence-electron chi connectivity index (χ4n) is 4.41. The van der Waals surface area contributed by atoms with Crippen molar-refractivity contribution in [2.45, 2.75) is 25.7 Å². The molecule has 12 heteroatoms. The maximum atomic E-state index is 12.8. The molecule has 4 aromatic rings. The van der Waals surface area contributed by atoms with E-state index < -0.39 is 9.84 Å². The summed E-state index contributed by atoms with van der Waals surface area (Å²) in [7, 11) is -3.03. The lowest BCUT2D eigenvalue weighted by Crippen LogP contribution is -2.35. The number of benzene rings is 1. The SMILES string of the molecule is CS(=O)(=O)CCCNC(=O)C1CCc2[nH]c3ncnc(Nc4ccc5[nH]c(=S)sc5c4)c3c2C1. The zero-order valence-corrected chi connectivity index (χ0v) is 20.9. The van der Waals surface area contributed by atoms with E-state index in [1.807, 2.05) is 18.2 Å². The summed E-state index contributed by atoms with van der Waals surface area (Å²) in [6, 6.07) is 5.99. The highest BCUT2D eigenvalue weighted by atomic mass is 32.2. The quantitative estimate of drug-likeness (QED) is 0.218. The summed E-state index contributed by atoms with van der Waals surface area (Å²) in [6.45, 7) is 0.355. The Balaban J connectivity index is 1.37. The van der Waals surface area contributed by atoms with Gasteiger partial charge in [-0.2, -0.15) is 0 Å². The second-order valence-corrected chi connectivity index (χ2v) is 12.6. The summed E-state index contributed by atoms with van der Waals surface area (Å²) in [5.41, 5.74) is 4.77. The number of sulfone groups is 1. The molecule has 1 aromatic carbocycles. The van der Waals surface area contributed by atoms with Crippen LogP contribution in [0.5, 0.6) is 0 Å². The molecule has 178 valence electrons. The molecule has 3 heterocycles. The molecule has 1 aliphatic carbocycles. The number of carbonyl (C=O) groups is 1. The van der Waals surface area contributed by atoms with Crippen molar-refractivity contribution < 1.29 is 13.2 Å². The third kappa shape index (κ3) is 4.84. The molecule has 4 N–H and O–H groups in total. The van der Waals surface area contributed by atoms with Gasteiger partial charge < -0.3 is 20.6 Å². The summed E-state index contributed by atoms with van der Waals surface area (Å²) >= 11 is 6.76. The second-order valence-electron chi connectivity index (χ2n) is 8.59. The number of aromatic amines is 2.